The summed E-state index contributed by atoms with van der Waals surface area (Å²) in [7, 11) is 3.97. The lowest BCUT2D eigenvalue weighted by molar-refractivity contribution is -0.150. The maximum atomic E-state index is 12.4. The highest BCUT2D eigenvalue weighted by Gasteiger charge is 2.32. The molecule has 23 heavy (non-hydrogen) atoms. The van der Waals surface area contributed by atoms with Crippen molar-refractivity contribution in [2.75, 3.05) is 19.0 Å². The number of nitrogens with one attached hydrogen (secondary N) is 1. The van der Waals surface area contributed by atoms with Gasteiger partial charge in [0.15, 0.2) is 0 Å². The molecule has 1 heterocycles. The highest BCUT2D eigenvalue weighted by Crippen LogP contribution is 2.22. The van der Waals surface area contributed by atoms with Crippen LogP contribution >= 0.6 is 0 Å². The van der Waals surface area contributed by atoms with Crippen LogP contribution in [0.4, 0.5) is 5.69 Å². The smallest absolute Gasteiger partial charge is 0.312 e. The predicted octanol–water partition coefficient (Wildman–Crippen LogP) is 2.16. The van der Waals surface area contributed by atoms with Gasteiger partial charge in [0.05, 0.1) is 0 Å². The number of nitrogens with zero attached hydrogens (tertiary/aromatic N) is 2. The van der Waals surface area contributed by atoms with Crippen molar-refractivity contribution in [3.8, 4) is 0 Å². The van der Waals surface area contributed by atoms with Gasteiger partial charge in [-0.15, -0.1) is 0 Å². The Kier molecular flexibility index (Phi) is 5.64. The lowest BCUT2D eigenvalue weighted by Gasteiger charge is -2.38. The van der Waals surface area contributed by atoms with E-state index in [1.165, 1.54) is 0 Å². The molecular formula is C18H27N3O2. The van der Waals surface area contributed by atoms with Crippen LogP contribution in [-0.2, 0) is 16.1 Å². The Morgan fingerprint density at radius 2 is 1.70 bits per heavy atom. The molecule has 2 rings (SSSR count). The molecular weight excluding hydrogens is 290 g/mol. The van der Waals surface area contributed by atoms with Crippen LogP contribution in [0.25, 0.3) is 0 Å². The average molecular weight is 317 g/mol. The fraction of sp³-hybridized carbons (Fsp3) is 0.556. The van der Waals surface area contributed by atoms with Gasteiger partial charge in [-0.25, -0.2) is 0 Å². The van der Waals surface area contributed by atoms with Gasteiger partial charge in [0, 0.05) is 38.4 Å². The largest absolute Gasteiger partial charge is 0.378 e. The van der Waals surface area contributed by atoms with Gasteiger partial charge in [0.2, 0.25) is 0 Å². The molecule has 1 N–H and O–H groups in total. The van der Waals surface area contributed by atoms with E-state index >= 15 is 0 Å². The summed E-state index contributed by atoms with van der Waals surface area (Å²) in [5.74, 6) is -0.920. The van der Waals surface area contributed by atoms with E-state index in [1.54, 1.807) is 4.90 Å². The Hall–Kier alpha value is -2.04. The Labute approximate surface area is 138 Å². The van der Waals surface area contributed by atoms with Gasteiger partial charge >= 0.3 is 11.8 Å². The van der Waals surface area contributed by atoms with Crippen molar-refractivity contribution in [3.63, 3.8) is 0 Å². The summed E-state index contributed by atoms with van der Waals surface area (Å²) in [6.45, 7) is 4.40. The van der Waals surface area contributed by atoms with E-state index in [2.05, 4.69) is 5.32 Å². The molecule has 0 aromatic heterocycles. The summed E-state index contributed by atoms with van der Waals surface area (Å²) in [6.07, 6.45) is 3.05. The molecule has 1 aromatic rings. The molecule has 2 unspecified atom stereocenters. The first-order valence-electron chi connectivity index (χ1n) is 8.27. The van der Waals surface area contributed by atoms with Gasteiger partial charge in [-0.2, -0.15) is 0 Å². The van der Waals surface area contributed by atoms with Crippen molar-refractivity contribution in [3.05, 3.63) is 29.8 Å². The number of carbonyl (C=O) groups excluding carboxylic acids is 2. The molecule has 0 spiro atoms. The average Bonchev–Trinajstić information content (AvgIpc) is 2.52. The van der Waals surface area contributed by atoms with Crippen LogP contribution in [0.5, 0.6) is 0 Å². The third kappa shape index (κ3) is 4.24. The highest BCUT2D eigenvalue weighted by molar-refractivity contribution is 6.35. The summed E-state index contributed by atoms with van der Waals surface area (Å²) >= 11 is 0. The van der Waals surface area contributed by atoms with E-state index in [-0.39, 0.29) is 12.1 Å². The molecule has 1 aliphatic heterocycles. The Balaban J connectivity index is 1.92. The quantitative estimate of drug-likeness (QED) is 0.869. The number of rotatable bonds is 3. The third-order valence-electron chi connectivity index (χ3n) is 4.53. The number of benzene rings is 1. The maximum Gasteiger partial charge on any atom is 0.312 e. The zero-order valence-electron chi connectivity index (χ0n) is 14.5. The molecule has 5 heteroatoms. The standard InChI is InChI=1S/C18H27N3O2/c1-13-6-5-7-14(2)21(13)18(23)17(22)19-12-15-8-10-16(11-9-15)20(3)4/h8-11,13-14H,5-7,12H2,1-4H3,(H,19,22). The summed E-state index contributed by atoms with van der Waals surface area (Å²) in [4.78, 5) is 28.3. The minimum absolute atomic E-state index is 0.136. The van der Waals surface area contributed by atoms with Crippen LogP contribution < -0.4 is 10.2 Å². The topological polar surface area (TPSA) is 52.7 Å². The lowest BCUT2D eigenvalue weighted by atomic mass is 9.97. The van der Waals surface area contributed by atoms with Crippen molar-refractivity contribution in [1.29, 1.82) is 0 Å². The van der Waals surface area contributed by atoms with Crippen LogP contribution in [0, 0.1) is 0 Å². The van der Waals surface area contributed by atoms with Crippen molar-refractivity contribution in [2.24, 2.45) is 0 Å². The molecule has 2 atom stereocenters. The Bertz CT molecular complexity index is 544. The summed E-state index contributed by atoms with van der Waals surface area (Å²) in [6, 6.07) is 8.20. The Morgan fingerprint density at radius 1 is 1.13 bits per heavy atom. The second-order valence-electron chi connectivity index (χ2n) is 6.58. The van der Waals surface area contributed by atoms with E-state index in [0.29, 0.717) is 6.54 Å². The minimum Gasteiger partial charge on any atom is -0.378 e. The van der Waals surface area contributed by atoms with Gasteiger partial charge in [-0.3, -0.25) is 9.59 Å². The summed E-state index contributed by atoms with van der Waals surface area (Å²) < 4.78 is 0. The number of hydrogen-bond acceptors (Lipinski definition) is 3. The van der Waals surface area contributed by atoms with Crippen molar-refractivity contribution < 1.29 is 9.59 Å². The molecule has 0 saturated carbocycles. The zero-order valence-corrected chi connectivity index (χ0v) is 14.5. The summed E-state index contributed by atoms with van der Waals surface area (Å²) in [5.41, 5.74) is 2.09. The lowest BCUT2D eigenvalue weighted by Crippen LogP contribution is -2.52. The first kappa shape index (κ1) is 17.3. The molecule has 0 bridgehead atoms. The van der Waals surface area contributed by atoms with Crippen LogP contribution in [0.2, 0.25) is 0 Å². The number of anilines is 1. The number of piperidine rings is 1. The molecule has 1 fully saturated rings. The molecule has 126 valence electrons. The molecule has 5 nitrogen and oxygen atoms in total. The predicted molar refractivity (Wildman–Crippen MR) is 92.2 cm³/mol. The minimum atomic E-state index is -0.512. The number of amides is 2. The number of likely N-dealkylation sites (tertiary alicyclic amines) is 1. The van der Waals surface area contributed by atoms with Crippen LogP contribution in [0.1, 0.15) is 38.7 Å². The molecule has 1 aromatic carbocycles. The van der Waals surface area contributed by atoms with E-state index in [4.69, 9.17) is 0 Å². The Morgan fingerprint density at radius 3 is 2.22 bits per heavy atom. The first-order chi connectivity index (χ1) is 10.9. The van der Waals surface area contributed by atoms with Gasteiger partial charge in [0.1, 0.15) is 0 Å². The van der Waals surface area contributed by atoms with Gasteiger partial charge in [-0.1, -0.05) is 12.1 Å². The van der Waals surface area contributed by atoms with Gasteiger partial charge in [0.25, 0.3) is 0 Å². The second-order valence-corrected chi connectivity index (χ2v) is 6.58. The fourth-order valence-corrected chi connectivity index (χ4v) is 3.11. The zero-order chi connectivity index (χ0) is 17.0. The van der Waals surface area contributed by atoms with Crippen LogP contribution in [0.15, 0.2) is 24.3 Å². The fourth-order valence-electron chi connectivity index (χ4n) is 3.11. The SMILES string of the molecule is CC1CCCC(C)N1C(=O)C(=O)NCc1ccc(N(C)C)cc1. The monoisotopic (exact) mass is 317 g/mol. The van der Waals surface area contributed by atoms with E-state index < -0.39 is 11.8 Å². The molecule has 1 saturated heterocycles. The molecule has 1 aliphatic rings. The van der Waals surface area contributed by atoms with Crippen molar-refractivity contribution in [1.82, 2.24) is 10.2 Å². The molecule has 0 aliphatic carbocycles. The molecule has 0 radical (unpaired) electrons. The first-order valence-corrected chi connectivity index (χ1v) is 8.27. The second kappa shape index (κ2) is 7.49. The normalized spacial score (nSPS) is 21.0. The van der Waals surface area contributed by atoms with Crippen molar-refractivity contribution in [2.45, 2.75) is 51.7 Å². The maximum absolute atomic E-state index is 12.4. The van der Waals surface area contributed by atoms with Crippen LogP contribution in [-0.4, -0.2) is 42.9 Å². The summed E-state index contributed by atoms with van der Waals surface area (Å²) in [5, 5.41) is 2.74. The number of carbonyl (C=O) groups is 2. The highest BCUT2D eigenvalue weighted by atomic mass is 16.2. The van der Waals surface area contributed by atoms with E-state index in [1.807, 2.05) is 57.1 Å². The third-order valence-corrected chi connectivity index (χ3v) is 4.53. The number of hydrogen-bond donors (Lipinski definition) is 1. The van der Waals surface area contributed by atoms with E-state index in [0.717, 1.165) is 30.5 Å². The van der Waals surface area contributed by atoms with Gasteiger partial charge < -0.3 is 15.1 Å². The van der Waals surface area contributed by atoms with E-state index in [9.17, 15) is 9.59 Å². The van der Waals surface area contributed by atoms with Crippen molar-refractivity contribution >= 4 is 17.5 Å². The molecule has 2 amide bonds. The van der Waals surface area contributed by atoms with Gasteiger partial charge in [-0.05, 0) is 50.8 Å². The van der Waals surface area contributed by atoms with Crippen LogP contribution in [0.3, 0.4) is 0 Å².